The summed E-state index contributed by atoms with van der Waals surface area (Å²) in [5.74, 6) is 1.41. The number of aryl methyl sites for hydroxylation is 1. The molecular formula is C23H30N2O3. The van der Waals surface area contributed by atoms with Crippen molar-refractivity contribution in [2.24, 2.45) is 0 Å². The second-order valence-corrected chi connectivity index (χ2v) is 7.16. The molecule has 0 aromatic heterocycles. The standard InChI is InChI=1S/C23H30N2O3/c1-27-21-13-11-18(17-22(21)28-2)12-14-23(26)24-19-9-5-6-10-20(19)25-15-7-3-4-8-16-25/h5-6,9-11,13,17H,3-4,7-8,12,14-16H2,1-2H3,(H,24,26). The molecule has 0 saturated carbocycles. The van der Waals surface area contributed by atoms with Crippen LogP contribution in [0.3, 0.4) is 0 Å². The highest BCUT2D eigenvalue weighted by molar-refractivity contribution is 5.94. The molecule has 1 aliphatic rings. The van der Waals surface area contributed by atoms with Gasteiger partial charge in [-0.2, -0.15) is 0 Å². The zero-order valence-corrected chi connectivity index (χ0v) is 16.9. The van der Waals surface area contributed by atoms with E-state index in [4.69, 9.17) is 9.47 Å². The first-order valence-electron chi connectivity index (χ1n) is 10.1. The second kappa shape index (κ2) is 10.0. The van der Waals surface area contributed by atoms with E-state index in [1.54, 1.807) is 14.2 Å². The van der Waals surface area contributed by atoms with Gasteiger partial charge in [0.25, 0.3) is 0 Å². The summed E-state index contributed by atoms with van der Waals surface area (Å²) in [6.45, 7) is 2.11. The van der Waals surface area contributed by atoms with Crippen LogP contribution < -0.4 is 19.7 Å². The molecule has 1 heterocycles. The van der Waals surface area contributed by atoms with E-state index in [0.29, 0.717) is 24.3 Å². The number of nitrogens with zero attached hydrogens (tertiary/aromatic N) is 1. The second-order valence-electron chi connectivity index (χ2n) is 7.16. The van der Waals surface area contributed by atoms with Gasteiger partial charge in [0.1, 0.15) is 0 Å². The summed E-state index contributed by atoms with van der Waals surface area (Å²) in [6, 6.07) is 13.9. The molecule has 2 aromatic carbocycles. The highest BCUT2D eigenvalue weighted by Gasteiger charge is 2.15. The van der Waals surface area contributed by atoms with Gasteiger partial charge >= 0.3 is 0 Å². The Morgan fingerprint density at radius 3 is 2.39 bits per heavy atom. The molecule has 1 aliphatic heterocycles. The van der Waals surface area contributed by atoms with Crippen LogP contribution in [0, 0.1) is 0 Å². The van der Waals surface area contributed by atoms with Gasteiger partial charge in [-0.05, 0) is 49.1 Å². The summed E-state index contributed by atoms with van der Waals surface area (Å²) >= 11 is 0. The number of ether oxygens (including phenoxy) is 2. The minimum atomic E-state index is 0.0251. The van der Waals surface area contributed by atoms with Crippen LogP contribution >= 0.6 is 0 Å². The molecule has 1 N–H and O–H groups in total. The van der Waals surface area contributed by atoms with E-state index in [0.717, 1.165) is 30.0 Å². The number of nitrogens with one attached hydrogen (secondary N) is 1. The number of hydrogen-bond acceptors (Lipinski definition) is 4. The van der Waals surface area contributed by atoms with Gasteiger partial charge in [0.05, 0.1) is 25.6 Å². The normalized spacial score (nSPS) is 14.3. The number of amides is 1. The average Bonchev–Trinajstić information content (AvgIpc) is 3.02. The van der Waals surface area contributed by atoms with Crippen molar-refractivity contribution in [3.8, 4) is 11.5 Å². The topological polar surface area (TPSA) is 50.8 Å². The fraction of sp³-hybridized carbons (Fsp3) is 0.435. The van der Waals surface area contributed by atoms with E-state index < -0.39 is 0 Å². The number of anilines is 2. The SMILES string of the molecule is COc1ccc(CCC(=O)Nc2ccccc2N2CCCCCC2)cc1OC. The minimum Gasteiger partial charge on any atom is -0.493 e. The Hall–Kier alpha value is -2.69. The molecule has 0 atom stereocenters. The van der Waals surface area contributed by atoms with Crippen LogP contribution in [0.25, 0.3) is 0 Å². The Morgan fingerprint density at radius 1 is 0.964 bits per heavy atom. The number of hydrogen-bond donors (Lipinski definition) is 1. The lowest BCUT2D eigenvalue weighted by atomic mass is 10.1. The minimum absolute atomic E-state index is 0.0251. The summed E-state index contributed by atoms with van der Waals surface area (Å²) in [5, 5.41) is 3.11. The van der Waals surface area contributed by atoms with Crippen molar-refractivity contribution in [3.05, 3.63) is 48.0 Å². The van der Waals surface area contributed by atoms with Crippen LogP contribution in [0.2, 0.25) is 0 Å². The first-order valence-corrected chi connectivity index (χ1v) is 10.1. The maximum absolute atomic E-state index is 12.6. The van der Waals surface area contributed by atoms with E-state index >= 15 is 0 Å². The van der Waals surface area contributed by atoms with Gasteiger partial charge in [-0.15, -0.1) is 0 Å². The van der Waals surface area contributed by atoms with Gasteiger partial charge in [-0.25, -0.2) is 0 Å². The molecule has 150 valence electrons. The summed E-state index contributed by atoms with van der Waals surface area (Å²) in [7, 11) is 3.24. The van der Waals surface area contributed by atoms with Crippen LogP contribution in [0.15, 0.2) is 42.5 Å². The lowest BCUT2D eigenvalue weighted by Gasteiger charge is -2.25. The summed E-state index contributed by atoms with van der Waals surface area (Å²) in [4.78, 5) is 15.0. The van der Waals surface area contributed by atoms with Crippen molar-refractivity contribution in [3.63, 3.8) is 0 Å². The number of methoxy groups -OCH3 is 2. The van der Waals surface area contributed by atoms with Crippen LogP contribution in [-0.2, 0) is 11.2 Å². The number of rotatable bonds is 7. The zero-order chi connectivity index (χ0) is 19.8. The third kappa shape index (κ3) is 5.18. The van der Waals surface area contributed by atoms with Gasteiger partial charge < -0.3 is 19.7 Å². The quantitative estimate of drug-likeness (QED) is 0.757. The maximum Gasteiger partial charge on any atom is 0.224 e. The molecule has 5 heteroatoms. The van der Waals surface area contributed by atoms with Crippen LogP contribution in [0.5, 0.6) is 11.5 Å². The third-order valence-electron chi connectivity index (χ3n) is 5.21. The average molecular weight is 383 g/mol. The van der Waals surface area contributed by atoms with Crippen molar-refractivity contribution >= 4 is 17.3 Å². The third-order valence-corrected chi connectivity index (χ3v) is 5.21. The molecule has 1 fully saturated rings. The number of carbonyl (C=O) groups excluding carboxylic acids is 1. The Kier molecular flexibility index (Phi) is 7.18. The molecule has 0 spiro atoms. The fourth-order valence-corrected chi connectivity index (χ4v) is 3.67. The predicted octanol–water partition coefficient (Wildman–Crippen LogP) is 4.66. The first-order chi connectivity index (χ1) is 13.7. The number of benzene rings is 2. The van der Waals surface area contributed by atoms with Gasteiger partial charge in [0, 0.05) is 19.5 Å². The Labute approximate surface area is 167 Å². The summed E-state index contributed by atoms with van der Waals surface area (Å²) in [5.41, 5.74) is 3.08. The molecular weight excluding hydrogens is 352 g/mol. The van der Waals surface area contributed by atoms with Crippen molar-refractivity contribution in [1.82, 2.24) is 0 Å². The molecule has 0 radical (unpaired) electrons. The first kappa shape index (κ1) is 20.1. The van der Waals surface area contributed by atoms with Crippen LogP contribution in [0.1, 0.15) is 37.7 Å². The van der Waals surface area contributed by atoms with Gasteiger partial charge in [0.2, 0.25) is 5.91 Å². The van der Waals surface area contributed by atoms with Crippen molar-refractivity contribution in [2.45, 2.75) is 38.5 Å². The molecule has 0 unspecified atom stereocenters. The zero-order valence-electron chi connectivity index (χ0n) is 16.9. The molecule has 1 saturated heterocycles. The maximum atomic E-state index is 12.6. The van der Waals surface area contributed by atoms with Crippen LogP contribution in [-0.4, -0.2) is 33.2 Å². The van der Waals surface area contributed by atoms with Crippen LogP contribution in [0.4, 0.5) is 11.4 Å². The highest BCUT2D eigenvalue weighted by Crippen LogP contribution is 2.29. The molecule has 2 aromatic rings. The molecule has 0 aliphatic carbocycles. The Bertz CT molecular complexity index is 783. The summed E-state index contributed by atoms with van der Waals surface area (Å²) < 4.78 is 10.6. The fourth-order valence-electron chi connectivity index (χ4n) is 3.67. The van der Waals surface area contributed by atoms with Crippen molar-refractivity contribution < 1.29 is 14.3 Å². The van der Waals surface area contributed by atoms with Crippen molar-refractivity contribution in [2.75, 3.05) is 37.5 Å². The smallest absolute Gasteiger partial charge is 0.224 e. The largest absolute Gasteiger partial charge is 0.493 e. The molecule has 1 amide bonds. The Morgan fingerprint density at radius 2 is 1.68 bits per heavy atom. The molecule has 28 heavy (non-hydrogen) atoms. The number of carbonyl (C=O) groups is 1. The van der Waals surface area contributed by atoms with E-state index in [2.05, 4.69) is 16.3 Å². The Balaban J connectivity index is 1.62. The number of para-hydroxylation sites is 2. The van der Waals surface area contributed by atoms with E-state index in [1.807, 2.05) is 36.4 Å². The lowest BCUT2D eigenvalue weighted by Crippen LogP contribution is -2.25. The molecule has 0 bridgehead atoms. The van der Waals surface area contributed by atoms with Gasteiger partial charge in [-0.1, -0.05) is 31.0 Å². The molecule has 5 nitrogen and oxygen atoms in total. The highest BCUT2D eigenvalue weighted by atomic mass is 16.5. The van der Waals surface area contributed by atoms with Gasteiger partial charge in [0.15, 0.2) is 11.5 Å². The van der Waals surface area contributed by atoms with Crippen molar-refractivity contribution in [1.29, 1.82) is 0 Å². The predicted molar refractivity (Wildman–Crippen MR) is 114 cm³/mol. The monoisotopic (exact) mass is 382 g/mol. The van der Waals surface area contributed by atoms with Gasteiger partial charge in [-0.3, -0.25) is 4.79 Å². The van der Waals surface area contributed by atoms with E-state index in [-0.39, 0.29) is 5.91 Å². The summed E-state index contributed by atoms with van der Waals surface area (Å²) in [6.07, 6.45) is 6.07. The van der Waals surface area contributed by atoms with E-state index in [1.165, 1.54) is 25.7 Å². The van der Waals surface area contributed by atoms with E-state index in [9.17, 15) is 4.79 Å². The molecule has 3 rings (SSSR count). The lowest BCUT2D eigenvalue weighted by molar-refractivity contribution is -0.116.